The number of nitrogens with two attached hydrogens (primary N) is 1. The quantitative estimate of drug-likeness (QED) is 0.0878. The number of carboxylic acid groups (broad SMARTS) is 1. The third-order valence-electron chi connectivity index (χ3n) is 7.04. The third kappa shape index (κ3) is 13.7. The first-order valence-corrected chi connectivity index (χ1v) is 16.6. The van der Waals surface area contributed by atoms with Crippen LogP contribution in [0.2, 0.25) is 0 Å². The SMILES string of the molecule is CC(C)(N)COC(C)(C)CNC(=O)c1cc(COC(=O)Nc2ccc(COC=O)cc2COC(=O)[Te])ccc1OC1CC(O)CC(C(=O)O)O1. The Morgan fingerprint density at radius 1 is 1.02 bits per heavy atom. The molecular formula is C33H42N3O13Te. The van der Waals surface area contributed by atoms with Gasteiger partial charge in [-0.05, 0) is 27.7 Å². The number of hydrogen-bond acceptors (Lipinski definition) is 13. The maximum atomic E-state index is 13.5. The number of aliphatic hydroxyl groups is 1. The van der Waals surface area contributed by atoms with Crippen LogP contribution in [0.1, 0.15) is 67.6 Å². The molecule has 2 aromatic carbocycles. The molecule has 6 N–H and O–H groups in total. The van der Waals surface area contributed by atoms with Crippen molar-refractivity contribution in [2.45, 2.75) is 90.0 Å². The minimum absolute atomic E-state index is 0.0223. The number of benzene rings is 2. The van der Waals surface area contributed by atoms with E-state index in [9.17, 15) is 34.2 Å². The van der Waals surface area contributed by atoms with Crippen LogP contribution in [0.15, 0.2) is 36.4 Å². The Labute approximate surface area is 302 Å². The summed E-state index contributed by atoms with van der Waals surface area (Å²) >= 11 is 1.16. The summed E-state index contributed by atoms with van der Waals surface area (Å²) in [6.45, 7) is 7.33. The average molecular weight is 816 g/mol. The fourth-order valence-electron chi connectivity index (χ4n) is 4.54. The minimum atomic E-state index is -1.30. The van der Waals surface area contributed by atoms with Crippen LogP contribution in [0.4, 0.5) is 15.3 Å². The Hall–Kier alpha value is -3.98. The van der Waals surface area contributed by atoms with Crippen LogP contribution in [0.25, 0.3) is 0 Å². The van der Waals surface area contributed by atoms with Gasteiger partial charge in [0, 0.05) is 24.9 Å². The van der Waals surface area contributed by atoms with Crippen molar-refractivity contribution in [2.24, 2.45) is 5.73 Å². The Morgan fingerprint density at radius 3 is 2.38 bits per heavy atom. The normalized spacial score (nSPS) is 17.6. The summed E-state index contributed by atoms with van der Waals surface area (Å²) < 4.78 is 32.0. The van der Waals surface area contributed by atoms with Crippen molar-refractivity contribution in [3.8, 4) is 5.75 Å². The van der Waals surface area contributed by atoms with E-state index in [4.69, 9.17) is 34.2 Å². The molecule has 2 amide bonds. The van der Waals surface area contributed by atoms with E-state index >= 15 is 0 Å². The first-order valence-electron chi connectivity index (χ1n) is 15.5. The second kappa shape index (κ2) is 18.3. The molecule has 273 valence electrons. The van der Waals surface area contributed by atoms with Gasteiger partial charge in [-0.3, -0.25) is 4.79 Å². The van der Waals surface area contributed by atoms with E-state index in [1.165, 1.54) is 24.3 Å². The van der Waals surface area contributed by atoms with E-state index in [0.29, 0.717) is 23.2 Å². The van der Waals surface area contributed by atoms with Crippen LogP contribution < -0.4 is 21.1 Å². The van der Waals surface area contributed by atoms with E-state index in [-0.39, 0.29) is 62.8 Å². The van der Waals surface area contributed by atoms with Gasteiger partial charge < -0.3 is 35.5 Å². The Bertz CT molecular complexity index is 1530. The van der Waals surface area contributed by atoms with Gasteiger partial charge in [0.05, 0.1) is 18.3 Å². The van der Waals surface area contributed by atoms with Gasteiger partial charge in [-0.1, -0.05) is 0 Å². The van der Waals surface area contributed by atoms with E-state index in [1.54, 1.807) is 26.0 Å². The summed E-state index contributed by atoms with van der Waals surface area (Å²) in [5.41, 5.74) is 6.36. The van der Waals surface area contributed by atoms with Crippen LogP contribution in [-0.2, 0) is 53.1 Å². The molecule has 1 heterocycles. The van der Waals surface area contributed by atoms with E-state index in [1.807, 2.05) is 13.8 Å². The molecule has 1 fully saturated rings. The number of hydrogen-bond donors (Lipinski definition) is 5. The molecule has 2 aromatic rings. The fourth-order valence-corrected chi connectivity index (χ4v) is 4.71. The predicted molar refractivity (Wildman–Crippen MR) is 176 cm³/mol. The van der Waals surface area contributed by atoms with Crippen molar-refractivity contribution in [2.75, 3.05) is 18.5 Å². The van der Waals surface area contributed by atoms with Gasteiger partial charge in [0.15, 0.2) is 6.10 Å². The summed E-state index contributed by atoms with van der Waals surface area (Å²) in [5.74, 6) is -1.80. The van der Waals surface area contributed by atoms with Crippen molar-refractivity contribution >= 4 is 56.4 Å². The summed E-state index contributed by atoms with van der Waals surface area (Å²) in [6.07, 6.45) is -4.46. The number of rotatable bonds is 17. The molecule has 3 rings (SSSR count). The number of anilines is 1. The minimum Gasteiger partial charge on any atom is -0.479 e. The van der Waals surface area contributed by atoms with E-state index < -0.39 is 51.6 Å². The molecule has 17 heteroatoms. The molecule has 0 aromatic heterocycles. The third-order valence-corrected chi connectivity index (χ3v) is 7.37. The zero-order valence-electron chi connectivity index (χ0n) is 28.1. The monoisotopic (exact) mass is 818 g/mol. The van der Waals surface area contributed by atoms with Gasteiger partial charge in [-0.15, -0.1) is 0 Å². The van der Waals surface area contributed by atoms with Gasteiger partial charge in [0.25, 0.3) is 5.91 Å². The molecule has 50 heavy (non-hydrogen) atoms. The summed E-state index contributed by atoms with van der Waals surface area (Å²) in [4.78, 5) is 59.8. The summed E-state index contributed by atoms with van der Waals surface area (Å²) in [5, 5.41) is 25.0. The van der Waals surface area contributed by atoms with Crippen molar-refractivity contribution in [1.82, 2.24) is 5.32 Å². The molecular weight excluding hydrogens is 774 g/mol. The predicted octanol–water partition coefficient (Wildman–Crippen LogP) is 2.51. The molecule has 0 aliphatic carbocycles. The second-order valence-corrected chi connectivity index (χ2v) is 13.8. The fraction of sp³-hybridized carbons (Fsp3) is 0.485. The van der Waals surface area contributed by atoms with Crippen molar-refractivity contribution in [3.05, 3.63) is 58.7 Å². The van der Waals surface area contributed by atoms with Gasteiger partial charge in [0.2, 0.25) is 6.29 Å². The van der Waals surface area contributed by atoms with Crippen molar-refractivity contribution in [3.63, 3.8) is 0 Å². The van der Waals surface area contributed by atoms with Gasteiger partial charge in [0.1, 0.15) is 5.75 Å². The molecule has 1 radical (unpaired) electrons. The zero-order chi connectivity index (χ0) is 37.1. The second-order valence-electron chi connectivity index (χ2n) is 12.8. The van der Waals surface area contributed by atoms with Crippen LogP contribution in [0.3, 0.4) is 0 Å². The molecule has 0 bridgehead atoms. The van der Waals surface area contributed by atoms with Crippen LogP contribution in [-0.4, -0.2) is 104 Å². The molecule has 1 aliphatic rings. The topological polar surface area (TPSA) is 231 Å². The molecule has 1 aliphatic heterocycles. The smallest absolute Gasteiger partial charge is 0.479 e. The number of carboxylic acids is 1. The molecule has 3 unspecified atom stereocenters. The number of nitrogens with one attached hydrogen (secondary N) is 2. The first-order chi connectivity index (χ1) is 23.4. The van der Waals surface area contributed by atoms with Gasteiger partial charge >= 0.3 is 163 Å². The zero-order valence-corrected chi connectivity index (χ0v) is 30.4. The number of aliphatic carboxylic acids is 1. The number of ether oxygens (including phenoxy) is 6. The molecule has 3 atom stereocenters. The van der Waals surface area contributed by atoms with E-state index in [2.05, 4.69) is 10.6 Å². The maximum absolute atomic E-state index is 13.5. The summed E-state index contributed by atoms with van der Waals surface area (Å²) in [7, 11) is 0. The van der Waals surface area contributed by atoms with Crippen LogP contribution in [0, 0.1) is 0 Å². The average Bonchev–Trinajstić information content (AvgIpc) is 3.04. The van der Waals surface area contributed by atoms with Crippen molar-refractivity contribution < 1.29 is 62.6 Å². The standard InChI is InChI=1S/C33H42N3O13Te/c1-32(2,34)17-47-33(3,4)16-35-28(39)23-10-20(6-8-25(23)48-27-12-22(38)11-26(49-27)29(40)41)14-45-30(42)36-24-7-5-19(13-44-18-37)9-21(24)15-46-31(43)50/h5-10,18,22,26-27,38H,11-17,34H2,1-4H3,(H,35,39)(H,36,42)(H,40,41). The first kappa shape index (κ1) is 40.4. The van der Waals surface area contributed by atoms with Crippen molar-refractivity contribution in [1.29, 1.82) is 0 Å². The van der Waals surface area contributed by atoms with Gasteiger partial charge in [-0.25, -0.2) is 4.79 Å². The van der Waals surface area contributed by atoms with Crippen LogP contribution >= 0.6 is 0 Å². The molecule has 0 spiro atoms. The number of carbonyl (C=O) groups excluding carboxylic acids is 4. The Kier molecular flexibility index (Phi) is 14.8. The number of aliphatic hydroxyl groups excluding tert-OH is 1. The number of amides is 2. The van der Waals surface area contributed by atoms with E-state index in [0.717, 1.165) is 22.3 Å². The Morgan fingerprint density at radius 2 is 1.72 bits per heavy atom. The van der Waals surface area contributed by atoms with Crippen LogP contribution in [0.5, 0.6) is 5.75 Å². The summed E-state index contributed by atoms with van der Waals surface area (Å²) in [6, 6.07) is 9.18. The molecule has 16 nitrogen and oxygen atoms in total. The molecule has 1 saturated heterocycles. The Balaban J connectivity index is 1.78. The van der Waals surface area contributed by atoms with Gasteiger partial charge in [-0.2, -0.15) is 0 Å². The number of carbonyl (C=O) groups is 5. The molecule has 0 saturated carbocycles.